The van der Waals surface area contributed by atoms with Gasteiger partial charge in [0.25, 0.3) is 11.8 Å². The maximum Gasteiger partial charge on any atom is 0.264 e. The molecule has 2 aliphatic heterocycles. The Morgan fingerprint density at radius 1 is 1.39 bits per heavy atom. The fraction of sp³-hybridized carbons (Fsp3) is 0.600. The largest absolute Gasteiger partial charge is 0.396 e. The van der Waals surface area contributed by atoms with Crippen molar-refractivity contribution < 1.29 is 32.7 Å². The SMILES string of the molecule is C[C@@](CCN1Cc2cc(C#CC#C[C@H]3C[C@@H]3CO)sc2C1=O)(C(=O)NOC1CCCCO1)S(C)(=O)=O. The van der Waals surface area contributed by atoms with E-state index in [4.69, 9.17) is 14.7 Å². The van der Waals surface area contributed by atoms with E-state index in [0.29, 0.717) is 24.4 Å². The molecule has 4 atom stereocenters. The molecule has 9 nitrogen and oxygen atoms in total. The molecule has 0 radical (unpaired) electrons. The van der Waals surface area contributed by atoms with Gasteiger partial charge >= 0.3 is 0 Å². The summed E-state index contributed by atoms with van der Waals surface area (Å²) < 4.78 is 28.8. The van der Waals surface area contributed by atoms with Crippen LogP contribution in [0.3, 0.4) is 0 Å². The predicted octanol–water partition coefficient (Wildman–Crippen LogP) is 1.46. The zero-order valence-electron chi connectivity index (χ0n) is 20.3. The molecule has 1 saturated heterocycles. The van der Waals surface area contributed by atoms with Crippen LogP contribution in [0.2, 0.25) is 0 Å². The summed E-state index contributed by atoms with van der Waals surface area (Å²) >= 11 is 1.28. The number of amides is 2. The lowest BCUT2D eigenvalue weighted by Gasteiger charge is -2.29. The maximum atomic E-state index is 12.9. The van der Waals surface area contributed by atoms with Gasteiger partial charge in [-0.1, -0.05) is 5.92 Å². The van der Waals surface area contributed by atoms with Crippen molar-refractivity contribution in [3.8, 4) is 23.7 Å². The highest BCUT2D eigenvalue weighted by molar-refractivity contribution is 7.92. The summed E-state index contributed by atoms with van der Waals surface area (Å²) in [5.41, 5.74) is 3.09. The van der Waals surface area contributed by atoms with Crippen LogP contribution in [0.4, 0.5) is 0 Å². The number of aliphatic hydroxyl groups excluding tert-OH is 1. The van der Waals surface area contributed by atoms with Gasteiger partial charge in [-0.2, -0.15) is 0 Å². The van der Waals surface area contributed by atoms with Crippen LogP contribution < -0.4 is 5.48 Å². The molecule has 1 unspecified atom stereocenters. The molecule has 0 bridgehead atoms. The molecule has 4 rings (SSSR count). The van der Waals surface area contributed by atoms with E-state index in [-0.39, 0.29) is 37.3 Å². The van der Waals surface area contributed by atoms with E-state index in [9.17, 15) is 18.0 Å². The van der Waals surface area contributed by atoms with Gasteiger partial charge in [0.1, 0.15) is 0 Å². The monoisotopic (exact) mass is 534 g/mol. The second-order valence-electron chi connectivity index (χ2n) is 9.59. The number of aliphatic hydroxyl groups is 1. The smallest absolute Gasteiger partial charge is 0.264 e. The Kier molecular flexibility index (Phi) is 8.08. The molecule has 2 fully saturated rings. The Morgan fingerprint density at radius 2 is 2.19 bits per heavy atom. The number of hydroxylamine groups is 1. The standard InChI is InChI=1S/C25H30N2O7S2/c1-25(36(2,31)32,24(30)26-34-21-9-5-6-12-33-21)10-11-27-15-18-14-20(35-22(18)23(27)29)8-4-3-7-17-13-19(17)16-28/h14,17,19,21,28H,5-6,9-13,15-16H2,1-2H3,(H,26,30)/t17-,19+,21?,25+/m0/s1. The van der Waals surface area contributed by atoms with E-state index in [2.05, 4.69) is 29.2 Å². The number of hydrogen-bond donors (Lipinski definition) is 2. The molecule has 1 aromatic rings. The van der Waals surface area contributed by atoms with Crippen molar-refractivity contribution in [2.45, 2.75) is 56.6 Å². The molecule has 1 aromatic heterocycles. The molecule has 1 aliphatic carbocycles. The number of hydrogen-bond acceptors (Lipinski definition) is 8. The number of sulfone groups is 1. The number of fused-ring (bicyclic) bond motifs is 1. The second-order valence-corrected chi connectivity index (χ2v) is 13.1. The van der Waals surface area contributed by atoms with E-state index >= 15 is 0 Å². The average molecular weight is 535 g/mol. The van der Waals surface area contributed by atoms with E-state index < -0.39 is 26.8 Å². The fourth-order valence-corrected chi connectivity index (χ4v) is 5.92. The van der Waals surface area contributed by atoms with Gasteiger partial charge in [0, 0.05) is 44.9 Å². The summed E-state index contributed by atoms with van der Waals surface area (Å²) in [6.45, 7) is 2.44. The van der Waals surface area contributed by atoms with Crippen molar-refractivity contribution in [1.82, 2.24) is 10.4 Å². The molecule has 11 heteroatoms. The second kappa shape index (κ2) is 10.9. The van der Waals surface area contributed by atoms with Gasteiger partial charge in [-0.3, -0.25) is 9.59 Å². The van der Waals surface area contributed by atoms with Crippen LogP contribution in [-0.4, -0.2) is 67.3 Å². The summed E-state index contributed by atoms with van der Waals surface area (Å²) in [5.74, 6) is 11.1. The fourth-order valence-electron chi connectivity index (χ4n) is 4.09. The van der Waals surface area contributed by atoms with Gasteiger partial charge in [0.05, 0.1) is 9.75 Å². The van der Waals surface area contributed by atoms with Crippen molar-refractivity contribution in [2.24, 2.45) is 11.8 Å². The Labute approximate surface area is 215 Å². The summed E-state index contributed by atoms with van der Waals surface area (Å²) in [5, 5.41) is 9.05. The molecule has 0 spiro atoms. The number of carbonyl (C=O) groups is 2. The zero-order valence-corrected chi connectivity index (χ0v) is 22.0. The van der Waals surface area contributed by atoms with Gasteiger partial charge < -0.3 is 14.7 Å². The number of rotatable bonds is 8. The normalized spacial score (nSPS) is 24.6. The number of nitrogens with zero attached hydrogens (tertiary/aromatic N) is 1. The molecule has 3 heterocycles. The van der Waals surface area contributed by atoms with Crippen LogP contribution in [0.25, 0.3) is 0 Å². The Balaban J connectivity index is 1.34. The van der Waals surface area contributed by atoms with E-state index in [1.165, 1.54) is 18.3 Å². The molecule has 194 valence electrons. The molecular weight excluding hydrogens is 504 g/mol. The first-order valence-corrected chi connectivity index (χ1v) is 14.6. The first-order valence-electron chi connectivity index (χ1n) is 11.9. The van der Waals surface area contributed by atoms with Crippen molar-refractivity contribution in [3.63, 3.8) is 0 Å². The van der Waals surface area contributed by atoms with Gasteiger partial charge in [-0.25, -0.2) is 18.7 Å². The number of ether oxygens (including phenoxy) is 1. The Bertz CT molecular complexity index is 1240. The predicted molar refractivity (Wildman–Crippen MR) is 133 cm³/mol. The molecule has 2 amide bonds. The van der Waals surface area contributed by atoms with Crippen molar-refractivity contribution in [1.29, 1.82) is 0 Å². The number of carbonyl (C=O) groups excluding carboxylic acids is 2. The lowest BCUT2D eigenvalue weighted by atomic mass is 10.1. The minimum absolute atomic E-state index is 0.0779. The minimum atomic E-state index is -3.82. The maximum absolute atomic E-state index is 12.9. The summed E-state index contributed by atoms with van der Waals surface area (Å²) in [7, 11) is -3.82. The van der Waals surface area contributed by atoms with E-state index in [0.717, 1.165) is 36.0 Å². The van der Waals surface area contributed by atoms with Crippen molar-refractivity contribution in [2.75, 3.05) is 26.0 Å². The van der Waals surface area contributed by atoms with Crippen LogP contribution in [0.1, 0.15) is 59.1 Å². The van der Waals surface area contributed by atoms with Crippen molar-refractivity contribution in [3.05, 3.63) is 21.4 Å². The molecular formula is C25H30N2O7S2. The van der Waals surface area contributed by atoms with Crippen molar-refractivity contribution >= 4 is 33.0 Å². The summed E-state index contributed by atoms with van der Waals surface area (Å²) in [6, 6.07) is 1.85. The Hall–Kier alpha value is -2.41. The topological polar surface area (TPSA) is 122 Å². The summed E-state index contributed by atoms with van der Waals surface area (Å²) in [6.07, 6.45) is 3.67. The number of nitrogens with one attached hydrogen (secondary N) is 1. The van der Waals surface area contributed by atoms with Gasteiger partial charge in [0.2, 0.25) is 0 Å². The minimum Gasteiger partial charge on any atom is -0.396 e. The third-order valence-electron chi connectivity index (χ3n) is 6.89. The lowest BCUT2D eigenvalue weighted by molar-refractivity contribution is -0.201. The van der Waals surface area contributed by atoms with Crippen LogP contribution in [0.5, 0.6) is 0 Å². The van der Waals surface area contributed by atoms with Crippen LogP contribution in [0.15, 0.2) is 6.07 Å². The third-order valence-corrected chi connectivity index (χ3v) is 10.00. The van der Waals surface area contributed by atoms with Crippen LogP contribution in [0, 0.1) is 35.5 Å². The van der Waals surface area contributed by atoms with Gasteiger partial charge in [0.15, 0.2) is 20.9 Å². The van der Waals surface area contributed by atoms with E-state index in [1.807, 2.05) is 6.07 Å². The van der Waals surface area contributed by atoms with Gasteiger partial charge in [-0.05, 0) is 67.9 Å². The lowest BCUT2D eigenvalue weighted by Crippen LogP contribution is -2.52. The molecule has 2 N–H and O–H groups in total. The van der Waals surface area contributed by atoms with Gasteiger partial charge in [-0.15, -0.1) is 11.3 Å². The molecule has 3 aliphatic rings. The zero-order chi connectivity index (χ0) is 25.9. The summed E-state index contributed by atoms with van der Waals surface area (Å²) in [4.78, 5) is 33.9. The first kappa shape index (κ1) is 26.6. The Morgan fingerprint density at radius 3 is 2.83 bits per heavy atom. The third kappa shape index (κ3) is 5.93. The van der Waals surface area contributed by atoms with Crippen LogP contribution >= 0.6 is 11.3 Å². The number of thiophene rings is 1. The molecule has 1 saturated carbocycles. The highest BCUT2D eigenvalue weighted by Crippen LogP contribution is 2.37. The highest BCUT2D eigenvalue weighted by Gasteiger charge is 2.45. The molecule has 36 heavy (non-hydrogen) atoms. The average Bonchev–Trinajstić information content (AvgIpc) is 3.41. The molecule has 0 aromatic carbocycles. The highest BCUT2D eigenvalue weighted by atomic mass is 32.2. The van der Waals surface area contributed by atoms with Crippen LogP contribution in [-0.2, 0) is 30.8 Å². The first-order chi connectivity index (χ1) is 17.1. The quantitative estimate of drug-likeness (QED) is 0.382. The van der Waals surface area contributed by atoms with E-state index in [1.54, 1.807) is 4.90 Å².